The maximum atomic E-state index is 11.2. The van der Waals surface area contributed by atoms with Gasteiger partial charge in [-0.1, -0.05) is 0 Å². The van der Waals surface area contributed by atoms with E-state index >= 15 is 0 Å². The molecular weight excluding hydrogens is 190 g/mol. The lowest BCUT2D eigenvalue weighted by Gasteiger charge is -2.10. The van der Waals surface area contributed by atoms with Crippen molar-refractivity contribution in [3.63, 3.8) is 0 Å². The third-order valence-electron chi connectivity index (χ3n) is 1.09. The predicted octanol–water partition coefficient (Wildman–Crippen LogP) is 1.63. The van der Waals surface area contributed by atoms with Gasteiger partial charge in [0.1, 0.15) is 0 Å². The van der Waals surface area contributed by atoms with Gasteiger partial charge in [0, 0.05) is 26.5 Å². The van der Waals surface area contributed by atoms with Crippen molar-refractivity contribution in [1.29, 1.82) is 0 Å². The minimum absolute atomic E-state index is 0.000509. The highest BCUT2D eigenvalue weighted by Gasteiger charge is 2.30. The lowest BCUT2D eigenvalue weighted by atomic mass is 10.6. The molecule has 11 heavy (non-hydrogen) atoms. The Morgan fingerprint density at radius 1 is 1.45 bits per heavy atom. The zero-order valence-electron chi connectivity index (χ0n) is 6.37. The molecule has 0 aromatic heterocycles. The molecule has 6 heteroatoms. The molecule has 0 spiro atoms. The summed E-state index contributed by atoms with van der Waals surface area (Å²) < 4.78 is 20.0. The average Bonchev–Trinajstić information content (AvgIpc) is 2.03. The molecule has 0 N–H and O–H groups in total. The molecule has 0 fully saturated rings. The van der Waals surface area contributed by atoms with Crippen molar-refractivity contribution in [2.75, 3.05) is 20.1 Å². The van der Waals surface area contributed by atoms with Crippen LogP contribution < -0.4 is 0 Å². The van der Waals surface area contributed by atoms with Crippen molar-refractivity contribution < 1.29 is 18.4 Å². The smallest absolute Gasteiger partial charge is 0.307 e. The first-order valence-electron chi connectivity index (χ1n) is 2.91. The standard InChI is InChI=1S/C5H10ClO4P/c1-9-11(8,10-2)5(7)3-4-6/h3-4H2,1-2H3. The van der Waals surface area contributed by atoms with Crippen molar-refractivity contribution in [2.24, 2.45) is 0 Å². The predicted molar refractivity (Wildman–Crippen MR) is 42.0 cm³/mol. The van der Waals surface area contributed by atoms with E-state index in [0.717, 1.165) is 14.2 Å². The molecule has 0 saturated heterocycles. The molecule has 0 aromatic carbocycles. The van der Waals surface area contributed by atoms with Crippen LogP contribution in [0.2, 0.25) is 0 Å². The SMILES string of the molecule is COP(=O)(OC)C(=O)CCCl. The molecular formula is C5H10ClO4P. The van der Waals surface area contributed by atoms with Crippen molar-refractivity contribution in [3.8, 4) is 0 Å². The van der Waals surface area contributed by atoms with Crippen LogP contribution in [0.1, 0.15) is 6.42 Å². The number of alkyl halides is 1. The van der Waals surface area contributed by atoms with Gasteiger partial charge in [-0.15, -0.1) is 11.6 Å². The number of halogens is 1. The lowest BCUT2D eigenvalue weighted by molar-refractivity contribution is -0.113. The first-order chi connectivity index (χ1) is 5.10. The van der Waals surface area contributed by atoms with Crippen LogP contribution in [0.5, 0.6) is 0 Å². The quantitative estimate of drug-likeness (QED) is 0.500. The fraction of sp³-hybridized carbons (Fsp3) is 0.800. The van der Waals surface area contributed by atoms with Crippen molar-refractivity contribution in [2.45, 2.75) is 6.42 Å². The summed E-state index contributed by atoms with van der Waals surface area (Å²) in [7, 11) is -1.19. The summed E-state index contributed by atoms with van der Waals surface area (Å²) in [4.78, 5) is 10.9. The van der Waals surface area contributed by atoms with E-state index < -0.39 is 13.1 Å². The molecule has 0 rings (SSSR count). The Kier molecular flexibility index (Phi) is 4.93. The minimum atomic E-state index is -3.51. The van der Waals surface area contributed by atoms with Gasteiger partial charge in [-0.25, -0.2) is 0 Å². The van der Waals surface area contributed by atoms with Crippen molar-refractivity contribution >= 4 is 24.7 Å². The Balaban J connectivity index is 4.26. The van der Waals surface area contributed by atoms with Crippen LogP contribution in [0.15, 0.2) is 0 Å². The van der Waals surface area contributed by atoms with E-state index in [-0.39, 0.29) is 12.3 Å². The summed E-state index contributed by atoms with van der Waals surface area (Å²) in [6.07, 6.45) is 0.000509. The normalized spacial score (nSPS) is 11.5. The number of hydrogen-bond donors (Lipinski definition) is 0. The Morgan fingerprint density at radius 3 is 2.18 bits per heavy atom. The molecule has 4 nitrogen and oxygen atoms in total. The number of carbonyl (C=O) groups excluding carboxylic acids is 1. The Bertz CT molecular complexity index is 173. The van der Waals surface area contributed by atoms with Crippen LogP contribution >= 0.6 is 19.2 Å². The minimum Gasteiger partial charge on any atom is -0.307 e. The zero-order chi connectivity index (χ0) is 8.91. The third kappa shape index (κ3) is 2.91. The fourth-order valence-electron chi connectivity index (χ4n) is 0.496. The summed E-state index contributed by atoms with van der Waals surface area (Å²) in [6.45, 7) is 0. The van der Waals surface area contributed by atoms with Crippen LogP contribution in [-0.2, 0) is 18.4 Å². The van der Waals surface area contributed by atoms with E-state index in [9.17, 15) is 9.36 Å². The second kappa shape index (κ2) is 4.88. The van der Waals surface area contributed by atoms with Gasteiger partial charge in [0.05, 0.1) is 0 Å². The van der Waals surface area contributed by atoms with E-state index in [1.54, 1.807) is 0 Å². The van der Waals surface area contributed by atoms with E-state index in [2.05, 4.69) is 9.05 Å². The molecule has 0 saturated carbocycles. The van der Waals surface area contributed by atoms with Gasteiger partial charge < -0.3 is 9.05 Å². The van der Waals surface area contributed by atoms with Gasteiger partial charge in [-0.05, 0) is 0 Å². The van der Waals surface area contributed by atoms with Gasteiger partial charge in [-0.2, -0.15) is 0 Å². The fourth-order valence-corrected chi connectivity index (χ4v) is 1.74. The van der Waals surface area contributed by atoms with E-state index in [0.29, 0.717) is 0 Å². The molecule has 0 atom stereocenters. The second-order valence-electron chi connectivity index (χ2n) is 1.70. The average molecular weight is 201 g/mol. The maximum Gasteiger partial charge on any atom is 0.396 e. The lowest BCUT2D eigenvalue weighted by Crippen LogP contribution is -2.03. The molecule has 0 aliphatic carbocycles. The number of carbonyl (C=O) groups is 1. The molecule has 0 aliphatic rings. The van der Waals surface area contributed by atoms with Gasteiger partial charge in [0.2, 0.25) is 5.52 Å². The first-order valence-corrected chi connectivity index (χ1v) is 4.99. The molecule has 0 heterocycles. The van der Waals surface area contributed by atoms with Crippen LogP contribution in [0.3, 0.4) is 0 Å². The highest BCUT2D eigenvalue weighted by atomic mass is 35.5. The molecule has 0 radical (unpaired) electrons. The molecule has 0 aliphatic heterocycles. The Labute approximate surface area is 70.4 Å². The topological polar surface area (TPSA) is 52.6 Å². The zero-order valence-corrected chi connectivity index (χ0v) is 8.02. The van der Waals surface area contributed by atoms with E-state index in [4.69, 9.17) is 11.6 Å². The summed E-state index contributed by atoms with van der Waals surface area (Å²) in [5.74, 6) is 0.121. The number of hydrogen-bond acceptors (Lipinski definition) is 4. The number of rotatable bonds is 5. The van der Waals surface area contributed by atoms with Crippen LogP contribution in [-0.4, -0.2) is 25.6 Å². The maximum absolute atomic E-state index is 11.2. The van der Waals surface area contributed by atoms with Gasteiger partial charge >= 0.3 is 7.60 Å². The molecule has 66 valence electrons. The largest absolute Gasteiger partial charge is 0.396 e. The van der Waals surface area contributed by atoms with Crippen LogP contribution in [0, 0.1) is 0 Å². The van der Waals surface area contributed by atoms with Crippen LogP contribution in [0.4, 0.5) is 0 Å². The molecule has 0 aromatic rings. The Hall–Kier alpha value is 0.110. The van der Waals surface area contributed by atoms with Gasteiger partial charge in [0.15, 0.2) is 0 Å². The summed E-state index contributed by atoms with van der Waals surface area (Å²) in [5, 5.41) is 0. The highest BCUT2D eigenvalue weighted by Crippen LogP contribution is 2.48. The summed E-state index contributed by atoms with van der Waals surface area (Å²) in [5.41, 5.74) is -0.586. The molecule has 0 unspecified atom stereocenters. The van der Waals surface area contributed by atoms with E-state index in [1.807, 2.05) is 0 Å². The monoisotopic (exact) mass is 200 g/mol. The van der Waals surface area contributed by atoms with Crippen molar-refractivity contribution in [1.82, 2.24) is 0 Å². The summed E-state index contributed by atoms with van der Waals surface area (Å²) in [6, 6.07) is 0. The molecule has 0 bridgehead atoms. The third-order valence-corrected chi connectivity index (χ3v) is 3.08. The van der Waals surface area contributed by atoms with Crippen molar-refractivity contribution in [3.05, 3.63) is 0 Å². The summed E-state index contributed by atoms with van der Waals surface area (Å²) >= 11 is 5.26. The second-order valence-corrected chi connectivity index (χ2v) is 4.30. The Morgan fingerprint density at radius 2 is 1.91 bits per heavy atom. The highest BCUT2D eigenvalue weighted by molar-refractivity contribution is 7.71. The molecule has 0 amide bonds. The van der Waals surface area contributed by atoms with Gasteiger partial charge in [-0.3, -0.25) is 9.36 Å². The van der Waals surface area contributed by atoms with E-state index in [1.165, 1.54) is 0 Å². The van der Waals surface area contributed by atoms with Crippen LogP contribution in [0.25, 0.3) is 0 Å². The van der Waals surface area contributed by atoms with Gasteiger partial charge in [0.25, 0.3) is 0 Å². The first kappa shape index (κ1) is 11.1.